The molecule has 5 nitrogen and oxygen atoms in total. The third-order valence-electron chi connectivity index (χ3n) is 2.42. The lowest BCUT2D eigenvalue weighted by Crippen LogP contribution is -2.13. The highest BCUT2D eigenvalue weighted by molar-refractivity contribution is 5.30. The van der Waals surface area contributed by atoms with Gasteiger partial charge >= 0.3 is 0 Å². The van der Waals surface area contributed by atoms with Gasteiger partial charge in [-0.2, -0.15) is 0 Å². The van der Waals surface area contributed by atoms with Crippen LogP contribution in [-0.4, -0.2) is 16.1 Å². The zero-order chi connectivity index (χ0) is 13.1. The molecule has 18 heavy (non-hydrogen) atoms. The molecule has 0 saturated heterocycles. The molecule has 1 atom stereocenters. The number of oxazole rings is 1. The Kier molecular flexibility index (Phi) is 3.62. The lowest BCUT2D eigenvalue weighted by molar-refractivity contribution is 0.241. The third kappa shape index (κ3) is 2.87. The number of rotatable bonds is 4. The highest BCUT2D eigenvalue weighted by atomic mass is 16.5. The molecule has 2 heterocycles. The van der Waals surface area contributed by atoms with E-state index >= 15 is 0 Å². The van der Waals surface area contributed by atoms with E-state index in [1.165, 1.54) is 0 Å². The van der Waals surface area contributed by atoms with Gasteiger partial charge < -0.3 is 14.9 Å². The van der Waals surface area contributed by atoms with Crippen LogP contribution in [0, 0.1) is 6.92 Å². The molecule has 0 aromatic carbocycles. The Bertz CT molecular complexity index is 522. The standard InChI is InChI=1S/C13H17N3O2/c1-8(2)18-11-4-10(5-15-6-11)13(14)12-7-17-9(3)16-12/h4-8,13H,14H2,1-3H3. The van der Waals surface area contributed by atoms with Crippen LogP contribution in [0.1, 0.15) is 37.0 Å². The number of hydrogen-bond donors (Lipinski definition) is 1. The summed E-state index contributed by atoms with van der Waals surface area (Å²) in [4.78, 5) is 8.35. The van der Waals surface area contributed by atoms with Gasteiger partial charge in [0.2, 0.25) is 0 Å². The first kappa shape index (κ1) is 12.6. The molecular weight excluding hydrogens is 230 g/mol. The minimum Gasteiger partial charge on any atom is -0.489 e. The topological polar surface area (TPSA) is 74.2 Å². The van der Waals surface area contributed by atoms with Crippen molar-refractivity contribution in [3.05, 3.63) is 41.9 Å². The number of aromatic nitrogens is 2. The highest BCUT2D eigenvalue weighted by Gasteiger charge is 2.14. The molecule has 2 N–H and O–H groups in total. The molecule has 0 aliphatic rings. The number of aryl methyl sites for hydroxylation is 1. The Morgan fingerprint density at radius 3 is 2.72 bits per heavy atom. The monoisotopic (exact) mass is 247 g/mol. The number of hydrogen-bond acceptors (Lipinski definition) is 5. The van der Waals surface area contributed by atoms with Crippen molar-refractivity contribution < 1.29 is 9.15 Å². The van der Waals surface area contributed by atoms with Crippen LogP contribution in [0.3, 0.4) is 0 Å². The molecule has 0 saturated carbocycles. The molecule has 0 spiro atoms. The SMILES string of the molecule is Cc1nc(C(N)c2cncc(OC(C)C)c2)co1. The number of nitrogens with two attached hydrogens (primary N) is 1. The molecule has 96 valence electrons. The zero-order valence-corrected chi connectivity index (χ0v) is 10.8. The van der Waals surface area contributed by atoms with Crippen LogP contribution in [0.2, 0.25) is 0 Å². The van der Waals surface area contributed by atoms with Crippen molar-refractivity contribution in [1.29, 1.82) is 0 Å². The summed E-state index contributed by atoms with van der Waals surface area (Å²) in [6, 6.07) is 1.52. The molecule has 2 aromatic rings. The molecule has 2 aromatic heterocycles. The number of ether oxygens (including phenoxy) is 1. The van der Waals surface area contributed by atoms with E-state index in [1.54, 1.807) is 25.6 Å². The fourth-order valence-corrected chi connectivity index (χ4v) is 1.64. The van der Waals surface area contributed by atoms with Gasteiger partial charge in [0.15, 0.2) is 5.89 Å². The minimum atomic E-state index is -0.356. The summed E-state index contributed by atoms with van der Waals surface area (Å²) < 4.78 is 10.7. The minimum absolute atomic E-state index is 0.104. The van der Waals surface area contributed by atoms with Gasteiger partial charge in [0.05, 0.1) is 18.3 Å². The zero-order valence-electron chi connectivity index (χ0n) is 10.8. The van der Waals surface area contributed by atoms with E-state index in [4.69, 9.17) is 14.9 Å². The molecule has 0 bridgehead atoms. The predicted octanol–water partition coefficient (Wildman–Crippen LogP) is 2.21. The molecule has 0 fully saturated rings. The molecule has 0 aliphatic carbocycles. The van der Waals surface area contributed by atoms with E-state index in [2.05, 4.69) is 9.97 Å². The smallest absolute Gasteiger partial charge is 0.191 e. The Hall–Kier alpha value is -1.88. The molecule has 2 rings (SSSR count). The second-order valence-corrected chi connectivity index (χ2v) is 4.39. The fourth-order valence-electron chi connectivity index (χ4n) is 1.64. The summed E-state index contributed by atoms with van der Waals surface area (Å²) in [5.74, 6) is 1.31. The first-order valence-corrected chi connectivity index (χ1v) is 5.85. The molecule has 0 radical (unpaired) electrons. The van der Waals surface area contributed by atoms with E-state index < -0.39 is 0 Å². The maximum Gasteiger partial charge on any atom is 0.191 e. The van der Waals surface area contributed by atoms with Crippen molar-refractivity contribution in [3.8, 4) is 5.75 Å². The molecule has 1 unspecified atom stereocenters. The van der Waals surface area contributed by atoms with Gasteiger partial charge in [-0.25, -0.2) is 4.98 Å². The van der Waals surface area contributed by atoms with Gasteiger partial charge in [-0.1, -0.05) is 0 Å². The summed E-state index contributed by atoms with van der Waals surface area (Å²) in [5, 5.41) is 0. The van der Waals surface area contributed by atoms with Crippen LogP contribution in [0.25, 0.3) is 0 Å². The number of nitrogens with zero attached hydrogens (tertiary/aromatic N) is 2. The lowest BCUT2D eigenvalue weighted by Gasteiger charge is -2.12. The normalized spacial score (nSPS) is 12.7. The molecule has 5 heteroatoms. The first-order valence-electron chi connectivity index (χ1n) is 5.85. The van der Waals surface area contributed by atoms with Gasteiger partial charge in [-0.05, 0) is 25.5 Å². The quantitative estimate of drug-likeness (QED) is 0.896. The average Bonchev–Trinajstić information content (AvgIpc) is 2.74. The lowest BCUT2D eigenvalue weighted by atomic mass is 10.1. The van der Waals surface area contributed by atoms with Crippen molar-refractivity contribution in [1.82, 2.24) is 9.97 Å². The van der Waals surface area contributed by atoms with Crippen molar-refractivity contribution >= 4 is 0 Å². The van der Waals surface area contributed by atoms with E-state index in [0.29, 0.717) is 17.3 Å². The van der Waals surface area contributed by atoms with Crippen molar-refractivity contribution in [2.75, 3.05) is 0 Å². The van der Waals surface area contributed by atoms with E-state index in [-0.39, 0.29) is 12.1 Å². The summed E-state index contributed by atoms with van der Waals surface area (Å²) >= 11 is 0. The number of pyridine rings is 1. The first-order chi connectivity index (χ1) is 8.56. The van der Waals surface area contributed by atoms with Gasteiger partial charge in [-0.3, -0.25) is 4.98 Å². The Labute approximate surface area is 106 Å². The molecule has 0 amide bonds. The Morgan fingerprint density at radius 1 is 1.33 bits per heavy atom. The van der Waals surface area contributed by atoms with Crippen LogP contribution in [-0.2, 0) is 0 Å². The summed E-state index contributed by atoms with van der Waals surface area (Å²) in [7, 11) is 0. The average molecular weight is 247 g/mol. The largest absolute Gasteiger partial charge is 0.489 e. The second-order valence-electron chi connectivity index (χ2n) is 4.39. The van der Waals surface area contributed by atoms with Crippen LogP contribution < -0.4 is 10.5 Å². The predicted molar refractivity (Wildman–Crippen MR) is 67.3 cm³/mol. The van der Waals surface area contributed by atoms with E-state index in [0.717, 1.165) is 5.56 Å². The maximum atomic E-state index is 6.11. The fraction of sp³-hybridized carbons (Fsp3) is 0.385. The summed E-state index contributed by atoms with van der Waals surface area (Å²) in [6.45, 7) is 5.72. The van der Waals surface area contributed by atoms with Crippen LogP contribution in [0.5, 0.6) is 5.75 Å². The van der Waals surface area contributed by atoms with Gasteiger partial charge in [-0.15, -0.1) is 0 Å². The van der Waals surface area contributed by atoms with Gasteiger partial charge in [0, 0.05) is 13.1 Å². The van der Waals surface area contributed by atoms with Crippen molar-refractivity contribution in [2.24, 2.45) is 5.73 Å². The van der Waals surface area contributed by atoms with Crippen molar-refractivity contribution in [3.63, 3.8) is 0 Å². The highest BCUT2D eigenvalue weighted by Crippen LogP contribution is 2.22. The summed E-state index contributed by atoms with van der Waals surface area (Å²) in [6.07, 6.45) is 5.05. The van der Waals surface area contributed by atoms with E-state index in [1.807, 2.05) is 19.9 Å². The van der Waals surface area contributed by atoms with Crippen LogP contribution >= 0.6 is 0 Å². The molecule has 0 aliphatic heterocycles. The maximum absolute atomic E-state index is 6.11. The van der Waals surface area contributed by atoms with Gasteiger partial charge in [0.25, 0.3) is 0 Å². The molecular formula is C13H17N3O2. The Balaban J connectivity index is 2.22. The second kappa shape index (κ2) is 5.18. The Morgan fingerprint density at radius 2 is 2.11 bits per heavy atom. The van der Waals surface area contributed by atoms with Crippen molar-refractivity contribution in [2.45, 2.75) is 32.9 Å². The third-order valence-corrected chi connectivity index (χ3v) is 2.42. The summed E-state index contributed by atoms with van der Waals surface area (Å²) in [5.41, 5.74) is 7.65. The van der Waals surface area contributed by atoms with Gasteiger partial charge in [0.1, 0.15) is 17.7 Å². The van der Waals surface area contributed by atoms with Crippen LogP contribution in [0.4, 0.5) is 0 Å². The van der Waals surface area contributed by atoms with Crippen LogP contribution in [0.15, 0.2) is 29.1 Å². The van der Waals surface area contributed by atoms with E-state index in [9.17, 15) is 0 Å².